The van der Waals surface area contributed by atoms with Crippen LogP contribution in [0.15, 0.2) is 59.7 Å². The van der Waals surface area contributed by atoms with Gasteiger partial charge in [0, 0.05) is 37.3 Å². The van der Waals surface area contributed by atoms with Gasteiger partial charge < -0.3 is 10.5 Å². The summed E-state index contributed by atoms with van der Waals surface area (Å²) >= 11 is 0. The maximum atomic E-state index is 13.6. The van der Waals surface area contributed by atoms with Gasteiger partial charge in [-0.15, -0.1) is 0 Å². The first-order chi connectivity index (χ1) is 16.1. The van der Waals surface area contributed by atoms with E-state index in [0.717, 1.165) is 71.7 Å². The highest BCUT2D eigenvalue weighted by atomic mass is 16.5. The normalized spacial score (nSPS) is 13.9. The first-order valence-electron chi connectivity index (χ1n) is 11.8. The lowest BCUT2D eigenvalue weighted by Crippen LogP contribution is -2.39. The molecule has 7 heteroatoms. The van der Waals surface area contributed by atoms with Crippen molar-refractivity contribution in [1.29, 1.82) is 0 Å². The number of rotatable bonds is 10. The summed E-state index contributed by atoms with van der Waals surface area (Å²) in [5.41, 5.74) is 4.12. The van der Waals surface area contributed by atoms with E-state index in [1.54, 1.807) is 0 Å². The van der Waals surface area contributed by atoms with Gasteiger partial charge in [0.15, 0.2) is 12.4 Å². The smallest absolute Gasteiger partial charge is 0.257 e. The summed E-state index contributed by atoms with van der Waals surface area (Å²) in [7, 11) is 1.95. The number of aryl methyl sites for hydroxylation is 1. The molecular formula is C26H33N5O2. The van der Waals surface area contributed by atoms with Crippen LogP contribution in [0.3, 0.4) is 0 Å². The van der Waals surface area contributed by atoms with E-state index in [4.69, 9.17) is 4.98 Å². The van der Waals surface area contributed by atoms with Crippen molar-refractivity contribution < 1.29 is 4.73 Å². The van der Waals surface area contributed by atoms with Gasteiger partial charge in [-0.3, -0.25) is 14.3 Å². The van der Waals surface area contributed by atoms with E-state index >= 15 is 0 Å². The molecule has 33 heavy (non-hydrogen) atoms. The molecule has 0 fully saturated rings. The fourth-order valence-corrected chi connectivity index (χ4v) is 4.71. The van der Waals surface area contributed by atoms with Crippen molar-refractivity contribution in [2.24, 2.45) is 0 Å². The van der Waals surface area contributed by atoms with Gasteiger partial charge in [0.25, 0.3) is 5.56 Å². The highest BCUT2D eigenvalue weighted by Gasteiger charge is 2.28. The average molecular weight is 448 g/mol. The van der Waals surface area contributed by atoms with E-state index in [1.807, 2.05) is 41.9 Å². The summed E-state index contributed by atoms with van der Waals surface area (Å²) in [6.07, 6.45) is 6.58. The van der Waals surface area contributed by atoms with Gasteiger partial charge in [0.1, 0.15) is 5.82 Å². The molecule has 0 amide bonds. The molecule has 2 aromatic heterocycles. The summed E-state index contributed by atoms with van der Waals surface area (Å²) in [5, 5.41) is 14.7. The van der Waals surface area contributed by atoms with Crippen molar-refractivity contribution in [3.63, 3.8) is 0 Å². The largest absolute Gasteiger partial charge is 0.619 e. The van der Waals surface area contributed by atoms with Gasteiger partial charge >= 0.3 is 0 Å². The number of pyridine rings is 1. The van der Waals surface area contributed by atoms with Crippen LogP contribution in [-0.2, 0) is 25.9 Å². The SMILES string of the molecule is CCC(c1nc2c(c(=O)n1Cc1ccccc1)CCC2)N(CCNC)Cc1cc[n+]([O-])cc1. The summed E-state index contributed by atoms with van der Waals surface area (Å²) in [6, 6.07) is 13.8. The van der Waals surface area contributed by atoms with Gasteiger partial charge in [0.2, 0.25) is 0 Å². The predicted octanol–water partition coefficient (Wildman–Crippen LogP) is 2.59. The molecule has 0 radical (unpaired) electrons. The van der Waals surface area contributed by atoms with Crippen LogP contribution >= 0.6 is 0 Å². The first kappa shape index (κ1) is 23.1. The molecule has 0 bridgehead atoms. The Morgan fingerprint density at radius 3 is 2.61 bits per heavy atom. The number of benzene rings is 1. The van der Waals surface area contributed by atoms with Crippen molar-refractivity contribution in [3.05, 3.63) is 98.6 Å². The first-order valence-corrected chi connectivity index (χ1v) is 11.8. The van der Waals surface area contributed by atoms with E-state index in [1.165, 1.54) is 12.4 Å². The topological polar surface area (TPSA) is 77.1 Å². The molecule has 1 aliphatic carbocycles. The minimum Gasteiger partial charge on any atom is -0.619 e. The lowest BCUT2D eigenvalue weighted by Gasteiger charge is -2.32. The molecule has 174 valence electrons. The van der Waals surface area contributed by atoms with E-state index in [9.17, 15) is 10.0 Å². The molecule has 1 atom stereocenters. The number of nitrogens with one attached hydrogen (secondary N) is 1. The Labute approximate surface area is 195 Å². The highest BCUT2D eigenvalue weighted by Crippen LogP contribution is 2.27. The average Bonchev–Trinajstić information content (AvgIpc) is 3.31. The van der Waals surface area contributed by atoms with Crippen LogP contribution in [0, 0.1) is 5.21 Å². The van der Waals surface area contributed by atoms with Crippen LogP contribution in [0.2, 0.25) is 0 Å². The predicted molar refractivity (Wildman–Crippen MR) is 129 cm³/mol. The number of fused-ring (bicyclic) bond motifs is 1. The van der Waals surface area contributed by atoms with E-state index < -0.39 is 0 Å². The molecule has 0 spiro atoms. The Balaban J connectivity index is 1.76. The molecule has 0 saturated heterocycles. The summed E-state index contributed by atoms with van der Waals surface area (Å²) in [6.45, 7) is 4.98. The second-order valence-electron chi connectivity index (χ2n) is 8.69. The third-order valence-corrected chi connectivity index (χ3v) is 6.43. The maximum absolute atomic E-state index is 13.6. The van der Waals surface area contributed by atoms with E-state index in [2.05, 4.69) is 29.3 Å². The van der Waals surface area contributed by atoms with Crippen LogP contribution in [0.25, 0.3) is 0 Å². The van der Waals surface area contributed by atoms with Crippen LogP contribution in [0.1, 0.15) is 54.0 Å². The molecule has 4 rings (SSSR count). The minimum absolute atomic E-state index is 0.0137. The quantitative estimate of drug-likeness (QED) is 0.382. The molecule has 3 aromatic rings. The Kier molecular flexibility index (Phi) is 7.52. The van der Waals surface area contributed by atoms with Gasteiger partial charge in [-0.2, -0.15) is 4.73 Å². The molecule has 7 nitrogen and oxygen atoms in total. The number of hydrogen-bond donors (Lipinski definition) is 1. The van der Waals surface area contributed by atoms with Crippen LogP contribution in [-0.4, -0.2) is 34.6 Å². The maximum Gasteiger partial charge on any atom is 0.257 e. The number of likely N-dealkylation sites (N-methyl/N-ethyl adjacent to an activating group) is 1. The lowest BCUT2D eigenvalue weighted by atomic mass is 10.1. The number of hydrogen-bond acceptors (Lipinski definition) is 5. The molecule has 2 heterocycles. The zero-order valence-corrected chi connectivity index (χ0v) is 19.5. The van der Waals surface area contributed by atoms with Crippen molar-refractivity contribution in [2.45, 2.75) is 51.7 Å². The van der Waals surface area contributed by atoms with Gasteiger partial charge in [-0.1, -0.05) is 37.3 Å². The zero-order valence-electron chi connectivity index (χ0n) is 19.5. The minimum atomic E-state index is -0.0137. The Hall–Kier alpha value is -3.03. The number of aromatic nitrogens is 3. The van der Waals surface area contributed by atoms with Crippen LogP contribution in [0.4, 0.5) is 0 Å². The van der Waals surface area contributed by atoms with Crippen molar-refractivity contribution >= 4 is 0 Å². The molecule has 0 aliphatic heterocycles. The van der Waals surface area contributed by atoms with Crippen molar-refractivity contribution in [3.8, 4) is 0 Å². The van der Waals surface area contributed by atoms with E-state index in [-0.39, 0.29) is 11.6 Å². The fourth-order valence-electron chi connectivity index (χ4n) is 4.71. The monoisotopic (exact) mass is 447 g/mol. The molecule has 1 aliphatic rings. The van der Waals surface area contributed by atoms with Crippen molar-refractivity contribution in [1.82, 2.24) is 19.8 Å². The lowest BCUT2D eigenvalue weighted by molar-refractivity contribution is -0.605. The third-order valence-electron chi connectivity index (χ3n) is 6.43. The van der Waals surface area contributed by atoms with Crippen molar-refractivity contribution in [2.75, 3.05) is 20.1 Å². The Bertz CT molecular complexity index is 1110. The van der Waals surface area contributed by atoms with Crippen LogP contribution < -0.4 is 15.6 Å². The van der Waals surface area contributed by atoms with Gasteiger partial charge in [-0.25, -0.2) is 4.98 Å². The molecule has 1 N–H and O–H groups in total. The zero-order chi connectivity index (χ0) is 23.2. The summed E-state index contributed by atoms with van der Waals surface area (Å²) in [4.78, 5) is 21.1. The second kappa shape index (κ2) is 10.7. The summed E-state index contributed by atoms with van der Waals surface area (Å²) < 4.78 is 2.70. The van der Waals surface area contributed by atoms with E-state index in [0.29, 0.717) is 13.1 Å². The Morgan fingerprint density at radius 2 is 1.91 bits per heavy atom. The van der Waals surface area contributed by atoms with Gasteiger partial charge in [0.05, 0.1) is 18.3 Å². The molecule has 1 unspecified atom stereocenters. The summed E-state index contributed by atoms with van der Waals surface area (Å²) in [5.74, 6) is 0.845. The number of nitrogens with zero attached hydrogens (tertiary/aromatic N) is 4. The standard InChI is InChI=1S/C26H33N5O2/c1-3-24(29(17-14-27-2)18-21-12-15-30(33)16-13-21)25-28-23-11-7-10-22(23)26(32)31(25)19-20-8-5-4-6-9-20/h4-6,8-9,12-13,15-16,24,27H,3,7,10-11,14,17-19H2,1-2H3. The third kappa shape index (κ3) is 5.31. The van der Waals surface area contributed by atoms with Gasteiger partial charge in [-0.05, 0) is 43.9 Å². The molecular weight excluding hydrogens is 414 g/mol. The Morgan fingerprint density at radius 1 is 1.15 bits per heavy atom. The second-order valence-corrected chi connectivity index (χ2v) is 8.69. The molecule has 1 aromatic carbocycles. The molecule has 0 saturated carbocycles. The van der Waals surface area contributed by atoms with Crippen LogP contribution in [0.5, 0.6) is 0 Å². The highest BCUT2D eigenvalue weighted by molar-refractivity contribution is 5.26. The fraction of sp³-hybridized carbons (Fsp3) is 0.423.